The van der Waals surface area contributed by atoms with Crippen LogP contribution in [0, 0.1) is 17.8 Å². The molecule has 0 heterocycles. The Hall–Kier alpha value is -0.0400. The molecule has 0 bridgehead atoms. The minimum atomic E-state index is 0.833. The van der Waals surface area contributed by atoms with E-state index in [0.717, 1.165) is 23.8 Å². The van der Waals surface area contributed by atoms with Crippen molar-refractivity contribution < 1.29 is 0 Å². The van der Waals surface area contributed by atoms with Crippen LogP contribution in [0.25, 0.3) is 0 Å². The normalized spacial score (nSPS) is 44.1. The Labute approximate surface area is 88.7 Å². The molecule has 2 unspecified atom stereocenters. The van der Waals surface area contributed by atoms with Crippen LogP contribution in [-0.4, -0.2) is 13.1 Å². The van der Waals surface area contributed by atoms with Crippen molar-refractivity contribution in [1.82, 2.24) is 5.32 Å². The first-order valence-corrected chi connectivity index (χ1v) is 6.47. The lowest BCUT2D eigenvalue weighted by Crippen LogP contribution is -2.24. The number of hydrogen-bond donors (Lipinski definition) is 1. The average Bonchev–Trinajstić information content (AvgIpc) is 2.67. The van der Waals surface area contributed by atoms with Gasteiger partial charge in [0.2, 0.25) is 0 Å². The van der Waals surface area contributed by atoms with Crippen LogP contribution in [0.2, 0.25) is 0 Å². The van der Waals surface area contributed by atoms with E-state index in [0.29, 0.717) is 0 Å². The molecule has 2 aliphatic carbocycles. The van der Waals surface area contributed by atoms with Crippen molar-refractivity contribution in [2.24, 2.45) is 17.8 Å². The molecule has 0 aliphatic heterocycles. The highest BCUT2D eigenvalue weighted by atomic mass is 14.9. The molecule has 0 spiro atoms. The summed E-state index contributed by atoms with van der Waals surface area (Å²) in [7, 11) is 2.12. The Balaban J connectivity index is 1.79. The molecule has 1 nitrogen and oxygen atoms in total. The Morgan fingerprint density at radius 1 is 0.857 bits per heavy atom. The monoisotopic (exact) mass is 195 g/mol. The van der Waals surface area contributed by atoms with Gasteiger partial charge in [0.15, 0.2) is 0 Å². The Morgan fingerprint density at radius 3 is 2.07 bits per heavy atom. The summed E-state index contributed by atoms with van der Waals surface area (Å²) in [5.74, 6) is 3.14. The van der Waals surface area contributed by atoms with E-state index in [1.807, 2.05) is 0 Å². The molecule has 2 saturated carbocycles. The van der Waals surface area contributed by atoms with E-state index in [4.69, 9.17) is 0 Å². The third-order valence-electron chi connectivity index (χ3n) is 4.61. The van der Waals surface area contributed by atoms with Crippen LogP contribution in [0.4, 0.5) is 0 Å². The van der Waals surface area contributed by atoms with Gasteiger partial charge in [0.25, 0.3) is 0 Å². The zero-order chi connectivity index (χ0) is 9.97. The van der Waals surface area contributed by atoms with Crippen LogP contribution in [0.15, 0.2) is 0 Å². The molecule has 2 rings (SSSR count). The van der Waals surface area contributed by atoms with Gasteiger partial charge in [-0.15, -0.1) is 0 Å². The second-order valence-corrected chi connectivity index (χ2v) is 5.58. The lowest BCUT2D eigenvalue weighted by Gasteiger charge is -2.30. The van der Waals surface area contributed by atoms with Crippen molar-refractivity contribution in [2.75, 3.05) is 7.05 Å². The summed E-state index contributed by atoms with van der Waals surface area (Å²) in [6.07, 6.45) is 10.4. The summed E-state index contributed by atoms with van der Waals surface area (Å²) in [5, 5.41) is 3.44. The standard InChI is InChI=1S/C13H25N/c1-10-3-5-11(6-4-10)12-7-8-13(9-12)14-2/h10-14H,3-9H2,1-2H3. The van der Waals surface area contributed by atoms with Gasteiger partial charge in [-0.25, -0.2) is 0 Å². The molecule has 1 N–H and O–H groups in total. The first-order valence-electron chi connectivity index (χ1n) is 6.47. The van der Waals surface area contributed by atoms with Crippen molar-refractivity contribution in [3.05, 3.63) is 0 Å². The van der Waals surface area contributed by atoms with Crippen molar-refractivity contribution >= 4 is 0 Å². The lowest BCUT2D eigenvalue weighted by atomic mass is 9.76. The molecule has 82 valence electrons. The average molecular weight is 195 g/mol. The first-order chi connectivity index (χ1) is 6.79. The van der Waals surface area contributed by atoms with Gasteiger partial charge in [0.05, 0.1) is 0 Å². The molecule has 2 aliphatic rings. The fraction of sp³-hybridized carbons (Fsp3) is 1.00. The van der Waals surface area contributed by atoms with Gasteiger partial charge in [0, 0.05) is 6.04 Å². The highest BCUT2D eigenvalue weighted by molar-refractivity contribution is 4.85. The van der Waals surface area contributed by atoms with Crippen molar-refractivity contribution in [2.45, 2.75) is 57.9 Å². The second-order valence-electron chi connectivity index (χ2n) is 5.58. The maximum Gasteiger partial charge on any atom is 0.00669 e. The summed E-state index contributed by atoms with van der Waals surface area (Å²) in [4.78, 5) is 0. The van der Waals surface area contributed by atoms with Crippen LogP contribution in [0.5, 0.6) is 0 Å². The van der Waals surface area contributed by atoms with Crippen LogP contribution in [0.1, 0.15) is 51.9 Å². The highest BCUT2D eigenvalue weighted by Crippen LogP contribution is 2.40. The van der Waals surface area contributed by atoms with E-state index in [-0.39, 0.29) is 0 Å². The van der Waals surface area contributed by atoms with E-state index in [1.54, 1.807) is 0 Å². The van der Waals surface area contributed by atoms with E-state index < -0.39 is 0 Å². The minimum absolute atomic E-state index is 0.833. The molecular weight excluding hydrogens is 170 g/mol. The summed E-state index contributed by atoms with van der Waals surface area (Å²) in [6, 6.07) is 0.833. The molecule has 2 atom stereocenters. The summed E-state index contributed by atoms with van der Waals surface area (Å²) in [5.41, 5.74) is 0. The lowest BCUT2D eigenvalue weighted by molar-refractivity contribution is 0.212. The van der Waals surface area contributed by atoms with Gasteiger partial charge in [0.1, 0.15) is 0 Å². The summed E-state index contributed by atoms with van der Waals surface area (Å²) < 4.78 is 0. The molecule has 0 aromatic rings. The predicted octanol–water partition coefficient (Wildman–Crippen LogP) is 3.20. The molecule has 0 aromatic heterocycles. The highest BCUT2D eigenvalue weighted by Gasteiger charge is 2.31. The smallest absolute Gasteiger partial charge is 0.00669 e. The summed E-state index contributed by atoms with van der Waals surface area (Å²) in [6.45, 7) is 2.42. The largest absolute Gasteiger partial charge is 0.317 e. The fourth-order valence-corrected chi connectivity index (χ4v) is 3.46. The maximum absolute atomic E-state index is 3.44. The number of nitrogens with one attached hydrogen (secondary N) is 1. The first kappa shape index (κ1) is 10.5. The molecule has 0 amide bonds. The maximum atomic E-state index is 3.44. The quantitative estimate of drug-likeness (QED) is 0.713. The van der Waals surface area contributed by atoms with Crippen molar-refractivity contribution in [3.63, 3.8) is 0 Å². The van der Waals surface area contributed by atoms with Gasteiger partial charge in [-0.1, -0.05) is 19.8 Å². The van der Waals surface area contributed by atoms with Crippen LogP contribution in [-0.2, 0) is 0 Å². The molecule has 0 radical (unpaired) electrons. The molecular formula is C13H25N. The van der Waals surface area contributed by atoms with Gasteiger partial charge in [-0.05, 0) is 56.9 Å². The van der Waals surface area contributed by atoms with E-state index >= 15 is 0 Å². The Morgan fingerprint density at radius 2 is 1.50 bits per heavy atom. The topological polar surface area (TPSA) is 12.0 Å². The zero-order valence-corrected chi connectivity index (χ0v) is 9.76. The Bertz CT molecular complexity index is 170. The predicted molar refractivity (Wildman–Crippen MR) is 61.3 cm³/mol. The molecule has 0 saturated heterocycles. The van der Waals surface area contributed by atoms with Crippen LogP contribution in [0.3, 0.4) is 0 Å². The molecule has 14 heavy (non-hydrogen) atoms. The van der Waals surface area contributed by atoms with Crippen molar-refractivity contribution in [3.8, 4) is 0 Å². The fourth-order valence-electron chi connectivity index (χ4n) is 3.46. The van der Waals surface area contributed by atoms with E-state index in [1.165, 1.54) is 44.9 Å². The number of hydrogen-bond acceptors (Lipinski definition) is 1. The Kier molecular flexibility index (Phi) is 3.48. The third-order valence-corrected chi connectivity index (χ3v) is 4.61. The van der Waals surface area contributed by atoms with Gasteiger partial charge in [-0.2, -0.15) is 0 Å². The SMILES string of the molecule is CNC1CCC(C2CCC(C)CC2)C1. The molecule has 1 heteroatoms. The zero-order valence-electron chi connectivity index (χ0n) is 9.76. The second kappa shape index (κ2) is 4.65. The van der Waals surface area contributed by atoms with Gasteiger partial charge in [-0.3, -0.25) is 0 Å². The molecule has 0 aromatic carbocycles. The third kappa shape index (κ3) is 2.31. The van der Waals surface area contributed by atoms with Gasteiger partial charge >= 0.3 is 0 Å². The van der Waals surface area contributed by atoms with E-state index in [2.05, 4.69) is 19.3 Å². The van der Waals surface area contributed by atoms with Gasteiger partial charge < -0.3 is 5.32 Å². The number of rotatable bonds is 2. The van der Waals surface area contributed by atoms with E-state index in [9.17, 15) is 0 Å². The van der Waals surface area contributed by atoms with Crippen LogP contribution >= 0.6 is 0 Å². The summed E-state index contributed by atoms with van der Waals surface area (Å²) >= 11 is 0. The van der Waals surface area contributed by atoms with Crippen molar-refractivity contribution in [1.29, 1.82) is 0 Å². The molecule has 2 fully saturated rings. The minimum Gasteiger partial charge on any atom is -0.317 e. The van der Waals surface area contributed by atoms with Crippen LogP contribution < -0.4 is 5.32 Å².